The number of benzene rings is 2. The summed E-state index contributed by atoms with van der Waals surface area (Å²) in [5.74, 6) is -2.04. The number of hydrogen-bond donors (Lipinski definition) is 2. The number of hydrogen-bond acceptors (Lipinski definition) is 6. The highest BCUT2D eigenvalue weighted by Gasteiger charge is 2.42. The second kappa shape index (κ2) is 10.2. The number of nitrogens with zero attached hydrogens (tertiary/aromatic N) is 2. The minimum absolute atomic E-state index is 0.0327. The zero-order valence-corrected chi connectivity index (χ0v) is 20.1. The second-order valence-corrected chi connectivity index (χ2v) is 11.0. The third-order valence-corrected chi connectivity index (χ3v) is 9.02. The Morgan fingerprint density at radius 1 is 1.17 bits per heavy atom. The molecule has 1 fully saturated rings. The van der Waals surface area contributed by atoms with Gasteiger partial charge in [0, 0.05) is 30.5 Å². The maximum Gasteiger partial charge on any atom is 0.271 e. The Bertz CT molecular complexity index is 1310. The molecule has 10 heteroatoms. The van der Waals surface area contributed by atoms with Crippen LogP contribution in [-0.4, -0.2) is 42.1 Å². The number of aromatic nitrogens is 2. The third-order valence-electron chi connectivity index (χ3n) is 6.37. The van der Waals surface area contributed by atoms with Crippen LogP contribution < -0.4 is 10.6 Å². The van der Waals surface area contributed by atoms with Gasteiger partial charge in [-0.05, 0) is 43.5 Å². The lowest BCUT2D eigenvalue weighted by molar-refractivity contribution is 0.0933. The minimum atomic E-state index is -3.69. The summed E-state index contributed by atoms with van der Waals surface area (Å²) in [6.45, 7) is 3.51. The van der Waals surface area contributed by atoms with Gasteiger partial charge in [-0.2, -0.15) is 0 Å². The summed E-state index contributed by atoms with van der Waals surface area (Å²) < 4.78 is 57.0. The molecule has 7 nitrogen and oxygen atoms in total. The van der Waals surface area contributed by atoms with Gasteiger partial charge in [-0.3, -0.25) is 9.78 Å². The van der Waals surface area contributed by atoms with Gasteiger partial charge in [-0.1, -0.05) is 30.3 Å². The van der Waals surface area contributed by atoms with E-state index in [9.17, 15) is 13.2 Å². The Labute approximate surface area is 202 Å². The number of carbonyl (C=O) groups excluding carboxylic acids is 1. The monoisotopic (exact) mass is 500 g/mol. The van der Waals surface area contributed by atoms with Gasteiger partial charge in [-0.15, -0.1) is 0 Å². The second-order valence-electron chi connectivity index (χ2n) is 8.68. The van der Waals surface area contributed by atoms with Crippen molar-refractivity contribution in [1.82, 2.24) is 20.6 Å². The van der Waals surface area contributed by atoms with Crippen molar-refractivity contribution in [2.24, 2.45) is 0 Å². The summed E-state index contributed by atoms with van der Waals surface area (Å²) in [6.07, 6.45) is 3.86. The first-order valence-electron chi connectivity index (χ1n) is 11.2. The van der Waals surface area contributed by atoms with Gasteiger partial charge >= 0.3 is 0 Å². The maximum atomic E-state index is 15.1. The first-order valence-corrected chi connectivity index (χ1v) is 12.8. The quantitative estimate of drug-likeness (QED) is 0.539. The van der Waals surface area contributed by atoms with Gasteiger partial charge in [-0.25, -0.2) is 22.2 Å². The minimum Gasteiger partial charge on any atom is -0.344 e. The summed E-state index contributed by atoms with van der Waals surface area (Å²) >= 11 is 0. The molecule has 35 heavy (non-hydrogen) atoms. The van der Waals surface area contributed by atoms with Crippen LogP contribution in [0.4, 0.5) is 8.78 Å². The molecule has 0 spiro atoms. The highest BCUT2D eigenvalue weighted by Crippen LogP contribution is 2.33. The van der Waals surface area contributed by atoms with E-state index in [0.29, 0.717) is 5.56 Å². The summed E-state index contributed by atoms with van der Waals surface area (Å²) in [7, 11) is -3.69. The normalized spacial score (nSPS) is 22.3. The highest BCUT2D eigenvalue weighted by atomic mass is 32.2. The fourth-order valence-corrected chi connectivity index (χ4v) is 6.74. The number of halogens is 2. The maximum absolute atomic E-state index is 15.1. The Morgan fingerprint density at radius 3 is 2.60 bits per heavy atom. The molecule has 1 aliphatic rings. The van der Waals surface area contributed by atoms with Crippen molar-refractivity contribution in [3.8, 4) is 0 Å². The number of nitrogens with one attached hydrogen (secondary N) is 2. The molecule has 0 bridgehead atoms. The van der Waals surface area contributed by atoms with Crippen molar-refractivity contribution >= 4 is 15.7 Å². The highest BCUT2D eigenvalue weighted by molar-refractivity contribution is 7.92. The molecular formula is C25H26F2N4O3S. The fraction of sp³-hybridized carbons (Fsp3) is 0.320. The Morgan fingerprint density at radius 2 is 1.91 bits per heavy atom. The number of sulfone groups is 1. The van der Waals surface area contributed by atoms with Crippen LogP contribution in [-0.2, 0) is 16.3 Å². The zero-order chi connectivity index (χ0) is 25.2. The van der Waals surface area contributed by atoms with Crippen molar-refractivity contribution in [2.45, 2.75) is 42.9 Å². The van der Waals surface area contributed by atoms with Gasteiger partial charge in [0.1, 0.15) is 17.3 Å². The molecule has 2 unspecified atom stereocenters. The van der Waals surface area contributed by atoms with Crippen molar-refractivity contribution in [1.29, 1.82) is 0 Å². The zero-order valence-electron chi connectivity index (χ0n) is 19.3. The molecule has 1 aliphatic heterocycles. The van der Waals surface area contributed by atoms with Crippen LogP contribution >= 0.6 is 0 Å². The van der Waals surface area contributed by atoms with Crippen LogP contribution in [0, 0.1) is 11.6 Å². The van der Waals surface area contributed by atoms with E-state index >= 15 is 8.78 Å². The van der Waals surface area contributed by atoms with E-state index in [1.54, 1.807) is 31.2 Å². The third kappa shape index (κ3) is 5.23. The van der Waals surface area contributed by atoms with Crippen LogP contribution in [0.25, 0.3) is 0 Å². The van der Waals surface area contributed by atoms with E-state index in [2.05, 4.69) is 20.6 Å². The lowest BCUT2D eigenvalue weighted by Crippen LogP contribution is -2.53. The first kappa shape index (κ1) is 24.9. The van der Waals surface area contributed by atoms with Crippen LogP contribution in [0.5, 0.6) is 0 Å². The van der Waals surface area contributed by atoms with Gasteiger partial charge in [0.2, 0.25) is 0 Å². The number of amides is 1. The molecule has 3 aromatic rings. The molecule has 1 saturated heterocycles. The van der Waals surface area contributed by atoms with Crippen molar-refractivity contribution in [2.75, 3.05) is 6.54 Å². The van der Waals surface area contributed by atoms with Crippen LogP contribution in [0.3, 0.4) is 0 Å². The molecule has 2 aromatic carbocycles. The summed E-state index contributed by atoms with van der Waals surface area (Å²) in [5, 5.41) is 4.07. The summed E-state index contributed by atoms with van der Waals surface area (Å²) in [5.41, 5.74) is 0.623. The van der Waals surface area contributed by atoms with Crippen LogP contribution in [0.1, 0.15) is 52.3 Å². The molecule has 184 valence electrons. The van der Waals surface area contributed by atoms with Gasteiger partial charge in [0.15, 0.2) is 9.84 Å². The van der Waals surface area contributed by atoms with Crippen LogP contribution in [0.15, 0.2) is 61.1 Å². The van der Waals surface area contributed by atoms with Crippen molar-refractivity contribution < 1.29 is 22.0 Å². The predicted molar refractivity (Wildman–Crippen MR) is 127 cm³/mol. The van der Waals surface area contributed by atoms with Crippen molar-refractivity contribution in [3.63, 3.8) is 0 Å². The molecule has 1 amide bonds. The number of carbonyl (C=O) groups is 1. The number of rotatable bonds is 6. The van der Waals surface area contributed by atoms with E-state index < -0.39 is 50.0 Å². The largest absolute Gasteiger partial charge is 0.344 e. The molecule has 4 atom stereocenters. The molecule has 0 aliphatic carbocycles. The van der Waals surface area contributed by atoms with Crippen LogP contribution in [0.2, 0.25) is 0 Å². The summed E-state index contributed by atoms with van der Waals surface area (Å²) in [6, 6.07) is 9.60. The average Bonchev–Trinajstić information content (AvgIpc) is 2.84. The lowest BCUT2D eigenvalue weighted by Gasteiger charge is -2.35. The topological polar surface area (TPSA) is 101 Å². The van der Waals surface area contributed by atoms with E-state index in [0.717, 1.165) is 12.1 Å². The van der Waals surface area contributed by atoms with Crippen molar-refractivity contribution in [3.05, 3.63) is 95.1 Å². The van der Waals surface area contributed by atoms with E-state index in [1.807, 2.05) is 6.07 Å². The Balaban J connectivity index is 1.55. The standard InChI is InChI=1S/C25H26F2N4O3S/c1-15(31-25(32)22-13-28-8-9-29-22)19-12-20(26)18(10-21(19)27)11-23-16(2)30-14-24(35(23,33)34)17-6-4-3-5-7-17/h3-10,12-13,15-16,23-24,30H,11,14H2,1-2H3,(H,31,32)/t15?,16-,23?,24-/m0/s1. The molecular weight excluding hydrogens is 474 g/mol. The van der Waals surface area contributed by atoms with E-state index in [-0.39, 0.29) is 29.8 Å². The average molecular weight is 501 g/mol. The Kier molecular flexibility index (Phi) is 7.23. The van der Waals surface area contributed by atoms with Gasteiger partial charge in [0.25, 0.3) is 5.91 Å². The molecule has 0 radical (unpaired) electrons. The van der Waals surface area contributed by atoms with E-state index in [1.165, 1.54) is 25.5 Å². The molecule has 0 saturated carbocycles. The smallest absolute Gasteiger partial charge is 0.271 e. The molecule has 1 aromatic heterocycles. The Hall–Kier alpha value is -3.24. The fourth-order valence-electron chi connectivity index (χ4n) is 4.38. The van der Waals surface area contributed by atoms with Gasteiger partial charge in [0.05, 0.1) is 22.7 Å². The predicted octanol–water partition coefficient (Wildman–Crippen LogP) is 3.30. The SMILES string of the molecule is CC(NC(=O)c1cnccn1)c1cc(F)c(CC2[C@H](C)NC[C@@H](c3ccccc3)S2(=O)=O)cc1F. The van der Waals surface area contributed by atoms with E-state index in [4.69, 9.17) is 0 Å². The summed E-state index contributed by atoms with van der Waals surface area (Å²) in [4.78, 5) is 20.0. The molecule has 2 N–H and O–H groups in total. The van der Waals surface area contributed by atoms with Gasteiger partial charge < -0.3 is 10.6 Å². The lowest BCUT2D eigenvalue weighted by atomic mass is 9.99. The first-order chi connectivity index (χ1) is 16.7. The molecule has 2 heterocycles. The molecule has 4 rings (SSSR count).